The highest BCUT2D eigenvalue weighted by Crippen LogP contribution is 2.27. The molecule has 0 unspecified atom stereocenters. The lowest BCUT2D eigenvalue weighted by Crippen LogP contribution is -2.38. The Balaban J connectivity index is 1.32. The largest absolute Gasteiger partial charge is 0.497 e. The molecule has 4 aromatic rings. The maximum Gasteiger partial charge on any atom is 0.321 e. The fourth-order valence-electron chi connectivity index (χ4n) is 4.98. The van der Waals surface area contributed by atoms with Crippen LogP contribution in [-0.4, -0.2) is 56.0 Å². The number of urea groups is 1. The molecule has 0 spiro atoms. The van der Waals surface area contributed by atoms with Crippen LogP contribution in [0.1, 0.15) is 32.7 Å². The minimum absolute atomic E-state index is 0.201. The molecule has 226 valence electrons. The van der Waals surface area contributed by atoms with Crippen molar-refractivity contribution in [1.82, 2.24) is 10.2 Å². The quantitative estimate of drug-likeness (QED) is 0.240. The molecule has 1 saturated heterocycles. The van der Waals surface area contributed by atoms with Crippen molar-refractivity contribution in [2.45, 2.75) is 13.0 Å². The van der Waals surface area contributed by atoms with Crippen molar-refractivity contribution in [2.24, 2.45) is 0 Å². The van der Waals surface area contributed by atoms with Crippen LogP contribution in [0, 0.1) is 5.82 Å². The molecule has 1 aliphatic heterocycles. The Morgan fingerprint density at radius 3 is 2.23 bits per heavy atom. The van der Waals surface area contributed by atoms with Crippen LogP contribution in [0.25, 0.3) is 0 Å². The molecule has 10 heteroatoms. The Kier molecular flexibility index (Phi) is 9.71. The summed E-state index contributed by atoms with van der Waals surface area (Å²) < 4.78 is 18.6. The summed E-state index contributed by atoms with van der Waals surface area (Å²) in [6.45, 7) is 2.34. The molecule has 4 amide bonds. The number of amides is 4. The van der Waals surface area contributed by atoms with Crippen LogP contribution in [0.5, 0.6) is 5.75 Å². The van der Waals surface area contributed by atoms with Gasteiger partial charge >= 0.3 is 6.03 Å². The van der Waals surface area contributed by atoms with E-state index < -0.39 is 0 Å². The van der Waals surface area contributed by atoms with E-state index in [-0.39, 0.29) is 30.2 Å². The van der Waals surface area contributed by atoms with Crippen LogP contribution >= 0.6 is 0 Å². The number of nitrogens with zero attached hydrogens (tertiary/aromatic N) is 2. The van der Waals surface area contributed by atoms with E-state index in [0.717, 1.165) is 5.56 Å². The van der Waals surface area contributed by atoms with Crippen LogP contribution in [0.4, 0.5) is 26.2 Å². The predicted molar refractivity (Wildman–Crippen MR) is 169 cm³/mol. The zero-order valence-electron chi connectivity index (χ0n) is 24.4. The molecule has 3 N–H and O–H groups in total. The zero-order valence-corrected chi connectivity index (χ0v) is 24.4. The number of benzene rings is 4. The number of nitrogens with one attached hydrogen (secondary N) is 3. The first-order chi connectivity index (χ1) is 21.4. The Morgan fingerprint density at radius 2 is 1.50 bits per heavy atom. The number of carbonyl (C=O) groups excluding carboxylic acids is 3. The number of halogens is 1. The molecule has 9 nitrogen and oxygen atoms in total. The second-order valence-corrected chi connectivity index (χ2v) is 10.3. The van der Waals surface area contributed by atoms with Crippen LogP contribution in [0.2, 0.25) is 0 Å². The summed E-state index contributed by atoms with van der Waals surface area (Å²) in [6.07, 6.45) is 0.694. The molecule has 44 heavy (non-hydrogen) atoms. The van der Waals surface area contributed by atoms with Gasteiger partial charge in [0.15, 0.2) is 0 Å². The normalized spacial score (nSPS) is 13.0. The predicted octanol–water partition coefficient (Wildman–Crippen LogP) is 5.76. The zero-order chi connectivity index (χ0) is 30.9. The van der Waals surface area contributed by atoms with Gasteiger partial charge in [0.05, 0.1) is 12.7 Å². The SMILES string of the molecule is COc1ccc(NC(=O)N2CCCN(c3ccc(NC(=O)c4ccccc4)cc3C(=O)NCc3ccc(F)cc3)CC2)cc1. The van der Waals surface area contributed by atoms with Crippen LogP contribution < -0.4 is 25.6 Å². The second kappa shape index (κ2) is 14.2. The molecule has 5 rings (SSSR count). The first-order valence-corrected chi connectivity index (χ1v) is 14.4. The molecule has 1 fully saturated rings. The van der Waals surface area contributed by atoms with Gasteiger partial charge in [-0.15, -0.1) is 0 Å². The van der Waals surface area contributed by atoms with E-state index in [9.17, 15) is 18.8 Å². The molecule has 1 aliphatic rings. The summed E-state index contributed by atoms with van der Waals surface area (Å²) in [5, 5.41) is 8.74. The fourth-order valence-corrected chi connectivity index (χ4v) is 4.98. The van der Waals surface area contributed by atoms with Gasteiger partial charge in [0.25, 0.3) is 11.8 Å². The Hall–Kier alpha value is -5.38. The van der Waals surface area contributed by atoms with Crippen LogP contribution in [-0.2, 0) is 6.54 Å². The van der Waals surface area contributed by atoms with E-state index in [4.69, 9.17) is 4.74 Å². The number of carbonyl (C=O) groups is 3. The Labute approximate surface area is 255 Å². The topological polar surface area (TPSA) is 103 Å². The lowest BCUT2D eigenvalue weighted by Gasteiger charge is -2.26. The third-order valence-electron chi connectivity index (χ3n) is 7.37. The highest BCUT2D eigenvalue weighted by Gasteiger charge is 2.23. The molecule has 0 aliphatic carbocycles. The van der Waals surface area contributed by atoms with Crippen molar-refractivity contribution in [2.75, 3.05) is 48.8 Å². The number of hydrogen-bond acceptors (Lipinski definition) is 5. The monoisotopic (exact) mass is 595 g/mol. The molecule has 0 atom stereocenters. The van der Waals surface area contributed by atoms with Gasteiger partial charge in [-0.25, -0.2) is 9.18 Å². The summed E-state index contributed by atoms with van der Waals surface area (Å²) in [4.78, 5) is 43.3. The van der Waals surface area contributed by atoms with E-state index in [1.807, 2.05) is 12.1 Å². The van der Waals surface area contributed by atoms with Gasteiger partial charge < -0.3 is 30.5 Å². The standard InChI is InChI=1S/C34H34FN5O4/c1-44-29-15-12-27(13-16-29)38-34(43)40-19-5-18-39(20-21-40)31-17-14-28(37-32(41)25-6-3-2-4-7-25)22-30(31)33(42)36-23-24-8-10-26(35)11-9-24/h2-4,6-17,22H,5,18-21,23H2,1H3,(H,36,42)(H,37,41)(H,38,43). The molecule has 0 bridgehead atoms. The van der Waals surface area contributed by atoms with Gasteiger partial charge in [-0.3, -0.25) is 9.59 Å². The van der Waals surface area contributed by atoms with Crippen molar-refractivity contribution >= 4 is 34.9 Å². The minimum Gasteiger partial charge on any atom is -0.497 e. The Bertz CT molecular complexity index is 1600. The average Bonchev–Trinajstić information content (AvgIpc) is 3.32. The van der Waals surface area contributed by atoms with Crippen molar-refractivity contribution in [1.29, 1.82) is 0 Å². The molecule has 4 aromatic carbocycles. The molecule has 0 aromatic heterocycles. The molecule has 1 heterocycles. The Morgan fingerprint density at radius 1 is 0.773 bits per heavy atom. The van der Waals surface area contributed by atoms with Crippen molar-refractivity contribution in [3.05, 3.63) is 120 Å². The summed E-state index contributed by atoms with van der Waals surface area (Å²) in [6, 6.07) is 27.0. The lowest BCUT2D eigenvalue weighted by molar-refractivity contribution is 0.0950. The van der Waals surface area contributed by atoms with E-state index in [1.165, 1.54) is 12.1 Å². The van der Waals surface area contributed by atoms with Gasteiger partial charge in [-0.1, -0.05) is 30.3 Å². The summed E-state index contributed by atoms with van der Waals surface area (Å²) in [7, 11) is 1.59. The molecule has 0 saturated carbocycles. The maximum atomic E-state index is 13.6. The number of ether oxygens (including phenoxy) is 1. The van der Waals surface area contributed by atoms with Crippen molar-refractivity contribution in [3.8, 4) is 5.75 Å². The maximum absolute atomic E-state index is 13.6. The lowest BCUT2D eigenvalue weighted by atomic mass is 10.1. The summed E-state index contributed by atoms with van der Waals surface area (Å²) in [5.74, 6) is -0.267. The first-order valence-electron chi connectivity index (χ1n) is 14.4. The van der Waals surface area contributed by atoms with Gasteiger partial charge in [0.1, 0.15) is 11.6 Å². The number of rotatable bonds is 8. The minimum atomic E-state index is -0.350. The molecular formula is C34H34FN5O4. The average molecular weight is 596 g/mol. The third kappa shape index (κ3) is 7.71. The number of methoxy groups -OCH3 is 1. The van der Waals surface area contributed by atoms with Crippen LogP contribution in [0.3, 0.4) is 0 Å². The van der Waals surface area contributed by atoms with Gasteiger partial charge in [-0.2, -0.15) is 0 Å². The van der Waals surface area contributed by atoms with Gasteiger partial charge in [0, 0.05) is 55.3 Å². The van der Waals surface area contributed by atoms with Crippen LogP contribution in [0.15, 0.2) is 97.1 Å². The van der Waals surface area contributed by atoms with E-state index in [1.54, 1.807) is 84.8 Å². The smallest absolute Gasteiger partial charge is 0.321 e. The first kappa shape index (κ1) is 30.1. The third-order valence-corrected chi connectivity index (χ3v) is 7.37. The summed E-state index contributed by atoms with van der Waals surface area (Å²) >= 11 is 0. The molecular weight excluding hydrogens is 561 g/mol. The van der Waals surface area contributed by atoms with Gasteiger partial charge in [0.2, 0.25) is 0 Å². The number of anilines is 3. The fraction of sp³-hybridized carbons (Fsp3) is 0.206. The second-order valence-electron chi connectivity index (χ2n) is 10.3. The highest BCUT2D eigenvalue weighted by molar-refractivity contribution is 6.06. The summed E-state index contributed by atoms with van der Waals surface area (Å²) in [5.41, 5.74) is 3.48. The van der Waals surface area contributed by atoms with E-state index in [0.29, 0.717) is 66.5 Å². The number of hydrogen-bond donors (Lipinski definition) is 3. The van der Waals surface area contributed by atoms with Gasteiger partial charge in [-0.05, 0) is 78.7 Å². The van der Waals surface area contributed by atoms with Crippen molar-refractivity contribution in [3.63, 3.8) is 0 Å². The van der Waals surface area contributed by atoms with Crippen molar-refractivity contribution < 1.29 is 23.5 Å². The highest BCUT2D eigenvalue weighted by atomic mass is 19.1. The molecule has 0 radical (unpaired) electrons. The van der Waals surface area contributed by atoms with E-state index in [2.05, 4.69) is 20.9 Å². The van der Waals surface area contributed by atoms with E-state index >= 15 is 0 Å².